The summed E-state index contributed by atoms with van der Waals surface area (Å²) in [5.74, 6) is -0.518. The molecule has 0 aliphatic rings. The lowest BCUT2D eigenvalue weighted by atomic mass is 10.0. The molecule has 6 heteroatoms. The van der Waals surface area contributed by atoms with Crippen molar-refractivity contribution >= 4 is 11.9 Å². The fraction of sp³-hybridized carbons (Fsp3) is 0.774. The summed E-state index contributed by atoms with van der Waals surface area (Å²) in [6.07, 6.45) is 57.1. The third-order valence-corrected chi connectivity index (χ3v) is 11.2. The maximum atomic E-state index is 13.2. The lowest BCUT2D eigenvalue weighted by molar-refractivity contribution is -0.151. The molecular weight excluding hydrogens is 731 g/mol. The van der Waals surface area contributed by atoms with Crippen LogP contribution < -0.4 is 5.32 Å². The largest absolute Gasteiger partial charge is 0.462 e. The topological polar surface area (TPSA) is 95.9 Å². The van der Waals surface area contributed by atoms with E-state index in [9.17, 15) is 19.8 Å². The van der Waals surface area contributed by atoms with Crippen LogP contribution in [0.15, 0.2) is 60.8 Å². The summed E-state index contributed by atoms with van der Waals surface area (Å²) in [5.41, 5.74) is 0. The average Bonchev–Trinajstić information content (AvgIpc) is 3.23. The number of nitrogens with one attached hydrogen (secondary N) is 1. The minimum Gasteiger partial charge on any atom is -0.462 e. The van der Waals surface area contributed by atoms with Crippen molar-refractivity contribution in [1.82, 2.24) is 5.32 Å². The highest BCUT2D eigenvalue weighted by Crippen LogP contribution is 2.17. The molecule has 3 N–H and O–H groups in total. The molecule has 3 atom stereocenters. The van der Waals surface area contributed by atoms with E-state index in [0.717, 1.165) is 89.9 Å². The van der Waals surface area contributed by atoms with E-state index in [1.54, 1.807) is 0 Å². The molecule has 0 aromatic rings. The molecule has 0 fully saturated rings. The molecule has 0 saturated carbocycles. The second-order valence-corrected chi connectivity index (χ2v) is 16.9. The van der Waals surface area contributed by atoms with Crippen molar-refractivity contribution in [3.8, 4) is 0 Å². The van der Waals surface area contributed by atoms with Gasteiger partial charge in [0.05, 0.1) is 25.2 Å². The molecule has 0 rings (SSSR count). The number of hydrogen-bond donors (Lipinski definition) is 3. The summed E-state index contributed by atoms with van der Waals surface area (Å²) < 4.78 is 5.90. The molecule has 6 nitrogen and oxygen atoms in total. The zero-order valence-corrected chi connectivity index (χ0v) is 38.9. The number of esters is 1. The first-order valence-corrected chi connectivity index (χ1v) is 25.0. The Hall–Kier alpha value is -2.44. The molecule has 1 amide bonds. The van der Waals surface area contributed by atoms with Crippen molar-refractivity contribution in [2.75, 3.05) is 6.61 Å². The molecule has 0 aromatic heterocycles. The van der Waals surface area contributed by atoms with E-state index in [0.29, 0.717) is 19.3 Å². The van der Waals surface area contributed by atoms with Gasteiger partial charge in [-0.1, -0.05) is 216 Å². The number of hydrogen-bond acceptors (Lipinski definition) is 5. The summed E-state index contributed by atoms with van der Waals surface area (Å²) in [5, 5.41) is 23.7. The van der Waals surface area contributed by atoms with Crippen LogP contribution in [0.1, 0.15) is 239 Å². The third kappa shape index (κ3) is 42.1. The van der Waals surface area contributed by atoms with Crippen LogP contribution in [0.25, 0.3) is 0 Å². The van der Waals surface area contributed by atoms with Gasteiger partial charge in [-0.25, -0.2) is 0 Å². The number of carbonyl (C=O) groups excluding carboxylic acids is 2. The summed E-state index contributed by atoms with van der Waals surface area (Å²) in [7, 11) is 0. The van der Waals surface area contributed by atoms with Gasteiger partial charge in [0, 0.05) is 6.42 Å². The van der Waals surface area contributed by atoms with Crippen molar-refractivity contribution in [2.24, 2.45) is 0 Å². The Balaban J connectivity index is 4.55. The van der Waals surface area contributed by atoms with E-state index < -0.39 is 18.2 Å². The standard InChI is InChI=1S/C53H95NO5/c1-4-7-10-13-16-19-22-24-26-27-30-33-36-39-42-45-51(56)50(48-55)54-52(57)47-49(44-41-38-35-32-29-21-18-15-12-9-6-3)59-53(58)46-43-40-37-34-31-28-25-23-20-17-14-11-8-5-2/h8-9,11-12,15,17-18,20-21,29,49-51,55-56H,4-7,10,13-14,16,19,22-28,30-48H2,1-3H3,(H,54,57)/b11-8+,12-9+,18-15+,20-17+,29-21-. The zero-order valence-electron chi connectivity index (χ0n) is 38.9. The van der Waals surface area contributed by atoms with E-state index in [2.05, 4.69) is 74.7 Å². The van der Waals surface area contributed by atoms with Crippen molar-refractivity contribution in [2.45, 2.75) is 257 Å². The van der Waals surface area contributed by atoms with Gasteiger partial charge in [-0.2, -0.15) is 0 Å². The van der Waals surface area contributed by atoms with Crippen LogP contribution in [-0.4, -0.2) is 46.9 Å². The molecule has 0 spiro atoms. The molecule has 0 aliphatic heterocycles. The molecule has 59 heavy (non-hydrogen) atoms. The molecular formula is C53H95NO5. The molecule has 342 valence electrons. The predicted molar refractivity (Wildman–Crippen MR) is 255 cm³/mol. The fourth-order valence-electron chi connectivity index (χ4n) is 7.41. The molecule has 0 aliphatic carbocycles. The Morgan fingerprint density at radius 3 is 1.58 bits per heavy atom. The summed E-state index contributed by atoms with van der Waals surface area (Å²) in [6.45, 7) is 6.23. The normalized spacial score (nSPS) is 13.8. The molecule has 0 radical (unpaired) electrons. The van der Waals surface area contributed by atoms with Gasteiger partial charge < -0.3 is 20.3 Å². The highest BCUT2D eigenvalue weighted by atomic mass is 16.5. The smallest absolute Gasteiger partial charge is 0.306 e. The minimum atomic E-state index is -0.799. The number of rotatable bonds is 44. The summed E-state index contributed by atoms with van der Waals surface area (Å²) in [4.78, 5) is 26.1. The third-order valence-electron chi connectivity index (χ3n) is 11.2. The van der Waals surface area contributed by atoms with Gasteiger partial charge in [0.1, 0.15) is 6.10 Å². The molecule has 3 unspecified atom stereocenters. The Labute approximate surface area is 365 Å². The van der Waals surface area contributed by atoms with E-state index >= 15 is 0 Å². The molecule has 0 heterocycles. The summed E-state index contributed by atoms with van der Waals surface area (Å²) in [6, 6.07) is -0.715. The molecule has 0 bridgehead atoms. The number of carbonyl (C=O) groups is 2. The van der Waals surface area contributed by atoms with Crippen LogP contribution in [0, 0.1) is 0 Å². The van der Waals surface area contributed by atoms with Gasteiger partial charge in [-0.05, 0) is 70.6 Å². The monoisotopic (exact) mass is 826 g/mol. The van der Waals surface area contributed by atoms with Gasteiger partial charge in [0.15, 0.2) is 0 Å². The Morgan fingerprint density at radius 2 is 1.00 bits per heavy atom. The fourth-order valence-corrected chi connectivity index (χ4v) is 7.41. The second kappa shape index (κ2) is 46.6. The maximum absolute atomic E-state index is 13.2. The van der Waals surface area contributed by atoms with Crippen molar-refractivity contribution in [3.63, 3.8) is 0 Å². The summed E-state index contributed by atoms with van der Waals surface area (Å²) >= 11 is 0. The van der Waals surface area contributed by atoms with Crippen LogP contribution in [-0.2, 0) is 14.3 Å². The Morgan fingerprint density at radius 1 is 0.525 bits per heavy atom. The number of aliphatic hydroxyl groups is 2. The minimum absolute atomic E-state index is 0.0501. The highest BCUT2D eigenvalue weighted by molar-refractivity contribution is 5.77. The number of unbranched alkanes of at least 4 members (excludes halogenated alkanes) is 24. The first-order chi connectivity index (χ1) is 29.0. The van der Waals surface area contributed by atoms with Gasteiger partial charge in [-0.15, -0.1) is 0 Å². The first kappa shape index (κ1) is 56.6. The number of amides is 1. The van der Waals surface area contributed by atoms with Gasteiger partial charge >= 0.3 is 5.97 Å². The Bertz CT molecular complexity index is 1060. The van der Waals surface area contributed by atoms with Crippen LogP contribution in [0.3, 0.4) is 0 Å². The van der Waals surface area contributed by atoms with E-state index in [-0.39, 0.29) is 24.9 Å². The lowest BCUT2D eigenvalue weighted by Crippen LogP contribution is -2.46. The lowest BCUT2D eigenvalue weighted by Gasteiger charge is -2.24. The average molecular weight is 826 g/mol. The predicted octanol–water partition coefficient (Wildman–Crippen LogP) is 14.8. The second-order valence-electron chi connectivity index (χ2n) is 16.9. The Kier molecular flexibility index (Phi) is 44.7. The van der Waals surface area contributed by atoms with Gasteiger partial charge in [0.2, 0.25) is 5.91 Å². The van der Waals surface area contributed by atoms with Gasteiger partial charge in [-0.3, -0.25) is 9.59 Å². The number of allylic oxidation sites excluding steroid dienone is 10. The van der Waals surface area contributed by atoms with Crippen molar-refractivity contribution in [3.05, 3.63) is 60.8 Å². The van der Waals surface area contributed by atoms with E-state index in [1.807, 2.05) is 12.2 Å². The number of ether oxygens (including phenoxy) is 1. The van der Waals surface area contributed by atoms with Crippen LogP contribution >= 0.6 is 0 Å². The quantitative estimate of drug-likeness (QED) is 0.0246. The van der Waals surface area contributed by atoms with Crippen LogP contribution in [0.2, 0.25) is 0 Å². The molecule has 0 aromatic carbocycles. The first-order valence-electron chi connectivity index (χ1n) is 25.0. The van der Waals surface area contributed by atoms with E-state index in [4.69, 9.17) is 4.74 Å². The number of aliphatic hydroxyl groups excluding tert-OH is 2. The van der Waals surface area contributed by atoms with Crippen molar-refractivity contribution < 1.29 is 24.5 Å². The van der Waals surface area contributed by atoms with E-state index in [1.165, 1.54) is 103 Å². The van der Waals surface area contributed by atoms with Crippen molar-refractivity contribution in [1.29, 1.82) is 0 Å². The molecule has 0 saturated heterocycles. The van der Waals surface area contributed by atoms with Gasteiger partial charge in [0.25, 0.3) is 0 Å². The zero-order chi connectivity index (χ0) is 43.1. The van der Waals surface area contributed by atoms with Crippen LogP contribution in [0.4, 0.5) is 0 Å². The highest BCUT2D eigenvalue weighted by Gasteiger charge is 2.24. The van der Waals surface area contributed by atoms with Crippen LogP contribution in [0.5, 0.6) is 0 Å². The SMILES string of the molecule is CC/C=C/C=C/C=C\CCCCCC(CC(=O)NC(CO)C(O)CCCCCCCCCCCCCCCCC)OC(=O)CCCCCCCCC/C=C/C/C=C/CC. The maximum Gasteiger partial charge on any atom is 0.306 e.